The summed E-state index contributed by atoms with van der Waals surface area (Å²) >= 11 is 0. The average Bonchev–Trinajstić information content (AvgIpc) is 2.36. The highest BCUT2D eigenvalue weighted by Crippen LogP contribution is 2.08. The number of hydrogen-bond acceptors (Lipinski definition) is 5. The van der Waals surface area contributed by atoms with Crippen molar-refractivity contribution in [2.45, 2.75) is 6.92 Å². The Kier molecular flexibility index (Phi) is 4.79. The Bertz CT molecular complexity index is 470. The van der Waals surface area contributed by atoms with E-state index in [0.29, 0.717) is 0 Å². The predicted molar refractivity (Wildman–Crippen MR) is 58.1 cm³/mol. The van der Waals surface area contributed by atoms with Crippen LogP contribution in [-0.4, -0.2) is 35.3 Å². The molecule has 0 aliphatic heterocycles. The topological polar surface area (TPSA) is 92.9 Å². The number of rotatable bonds is 6. The van der Waals surface area contributed by atoms with E-state index in [9.17, 15) is 14.5 Å². The molecule has 0 fully saturated rings. The number of Topliss-reactive ketones (excluding diaryl/α,β-unsaturated/α-hetero) is 1. The maximum absolute atomic E-state index is 11.5. The third-order valence-corrected chi connectivity index (χ3v) is 2.00. The number of benzene rings is 1. The van der Waals surface area contributed by atoms with Gasteiger partial charge in [0.25, 0.3) is 0 Å². The van der Waals surface area contributed by atoms with Crippen LogP contribution in [0.2, 0.25) is 0 Å². The Balaban J connectivity index is 2.78. The lowest BCUT2D eigenvalue weighted by atomic mass is 10.1. The van der Waals surface area contributed by atoms with Gasteiger partial charge in [-0.25, -0.2) is 10.0 Å². The van der Waals surface area contributed by atoms with E-state index >= 15 is 0 Å². The molecular formula is C11H12NO6+. The molecule has 0 saturated heterocycles. The second-order valence-electron chi connectivity index (χ2n) is 3.24. The molecule has 0 aliphatic rings. The van der Waals surface area contributed by atoms with Crippen molar-refractivity contribution in [3.05, 3.63) is 40.3 Å². The molecule has 0 aromatic heterocycles. The fraction of sp³-hybridized carbons (Fsp3) is 0.273. The second-order valence-corrected chi connectivity index (χ2v) is 3.24. The van der Waals surface area contributed by atoms with Crippen molar-refractivity contribution in [1.29, 1.82) is 0 Å². The molecule has 0 aliphatic carbocycles. The number of carbonyl (C=O) groups excluding carboxylic acids is 2. The van der Waals surface area contributed by atoms with Crippen molar-refractivity contribution in [3.8, 4) is 0 Å². The van der Waals surface area contributed by atoms with E-state index in [1.54, 1.807) is 6.92 Å². The SMILES string of the molecule is CCOC(=O)c1cccc(C(=O)CO[N+](=O)O)c1. The first-order chi connectivity index (χ1) is 8.54. The molecular weight excluding hydrogens is 242 g/mol. The highest BCUT2D eigenvalue weighted by Gasteiger charge is 2.15. The number of nitrogens with zero attached hydrogens (tertiary/aromatic N) is 1. The number of hydrogen-bond donors (Lipinski definition) is 1. The van der Waals surface area contributed by atoms with Crippen LogP contribution in [0.25, 0.3) is 0 Å². The molecule has 1 rings (SSSR count). The zero-order chi connectivity index (χ0) is 13.5. The first-order valence-corrected chi connectivity index (χ1v) is 5.14. The minimum absolute atomic E-state index is 0.183. The standard InChI is InChI=1S/C11H12NO6/c1-2-17-11(14)9-5-3-4-8(6-9)10(13)7-18-12(15)16/h3-6H,2,7H2,1H3,(H,15,16)/q+1. The average molecular weight is 254 g/mol. The summed E-state index contributed by atoms with van der Waals surface area (Å²) in [4.78, 5) is 37.1. The molecule has 0 amide bonds. The third-order valence-electron chi connectivity index (χ3n) is 2.00. The van der Waals surface area contributed by atoms with Gasteiger partial charge in [0.2, 0.25) is 12.4 Å². The van der Waals surface area contributed by atoms with Gasteiger partial charge >= 0.3 is 11.1 Å². The first-order valence-electron chi connectivity index (χ1n) is 5.14. The number of esters is 1. The van der Waals surface area contributed by atoms with E-state index in [0.717, 1.165) is 0 Å². The Morgan fingerprint density at radius 1 is 1.33 bits per heavy atom. The van der Waals surface area contributed by atoms with Crippen molar-refractivity contribution in [2.24, 2.45) is 0 Å². The highest BCUT2D eigenvalue weighted by molar-refractivity contribution is 5.99. The summed E-state index contributed by atoms with van der Waals surface area (Å²) in [5, 5.41) is 7.39. The summed E-state index contributed by atoms with van der Waals surface area (Å²) in [6, 6.07) is 5.80. The van der Waals surface area contributed by atoms with E-state index in [1.807, 2.05) is 0 Å². The quantitative estimate of drug-likeness (QED) is 0.465. The van der Waals surface area contributed by atoms with E-state index < -0.39 is 23.4 Å². The minimum Gasteiger partial charge on any atom is -0.462 e. The highest BCUT2D eigenvalue weighted by atomic mass is 16.9. The van der Waals surface area contributed by atoms with Gasteiger partial charge in [0.15, 0.2) is 0 Å². The lowest BCUT2D eigenvalue weighted by Crippen LogP contribution is -2.14. The summed E-state index contributed by atoms with van der Waals surface area (Å²) in [7, 11) is 0. The molecule has 7 nitrogen and oxygen atoms in total. The van der Waals surface area contributed by atoms with Gasteiger partial charge in [0.05, 0.1) is 12.2 Å². The van der Waals surface area contributed by atoms with Crippen LogP contribution in [0.3, 0.4) is 0 Å². The molecule has 1 aromatic rings. The van der Waals surface area contributed by atoms with Gasteiger partial charge < -0.3 is 4.74 Å². The zero-order valence-corrected chi connectivity index (χ0v) is 9.66. The summed E-state index contributed by atoms with van der Waals surface area (Å²) in [6.07, 6.45) is 0. The predicted octanol–water partition coefficient (Wildman–Crippen LogP) is 1.15. The normalized spacial score (nSPS) is 9.61. The van der Waals surface area contributed by atoms with E-state index in [-0.39, 0.29) is 17.7 Å². The number of ether oxygens (including phenoxy) is 1. The van der Waals surface area contributed by atoms with Crippen molar-refractivity contribution < 1.29 is 29.5 Å². The maximum Gasteiger partial charge on any atom is 0.475 e. The molecule has 96 valence electrons. The lowest BCUT2D eigenvalue weighted by Gasteiger charge is -2.03. The van der Waals surface area contributed by atoms with E-state index in [1.165, 1.54) is 24.3 Å². The molecule has 7 heteroatoms. The fourth-order valence-electron chi connectivity index (χ4n) is 1.23. The van der Waals surface area contributed by atoms with E-state index in [4.69, 9.17) is 9.94 Å². The molecule has 0 saturated carbocycles. The van der Waals surface area contributed by atoms with Crippen LogP contribution in [-0.2, 0) is 9.57 Å². The van der Waals surface area contributed by atoms with Crippen LogP contribution in [0.15, 0.2) is 24.3 Å². The van der Waals surface area contributed by atoms with Crippen LogP contribution < -0.4 is 0 Å². The molecule has 0 heterocycles. The van der Waals surface area contributed by atoms with Crippen molar-refractivity contribution in [2.75, 3.05) is 13.2 Å². The van der Waals surface area contributed by atoms with Crippen LogP contribution >= 0.6 is 0 Å². The summed E-state index contributed by atoms with van der Waals surface area (Å²) in [6.45, 7) is 1.28. The van der Waals surface area contributed by atoms with Crippen LogP contribution in [0.4, 0.5) is 0 Å². The zero-order valence-electron chi connectivity index (χ0n) is 9.66. The van der Waals surface area contributed by atoms with Gasteiger partial charge in [-0.15, -0.1) is 0 Å². The lowest BCUT2D eigenvalue weighted by molar-refractivity contribution is -0.973. The monoisotopic (exact) mass is 254 g/mol. The molecule has 0 atom stereocenters. The molecule has 0 spiro atoms. The summed E-state index contributed by atoms with van der Waals surface area (Å²) in [5.74, 6) is -1.09. The Labute approximate surface area is 102 Å². The van der Waals surface area contributed by atoms with Crippen molar-refractivity contribution >= 4 is 11.8 Å². The smallest absolute Gasteiger partial charge is 0.462 e. The maximum atomic E-state index is 11.5. The Hall–Kier alpha value is -2.44. The van der Waals surface area contributed by atoms with Crippen LogP contribution in [0.1, 0.15) is 27.6 Å². The fourth-order valence-corrected chi connectivity index (χ4v) is 1.23. The first kappa shape index (κ1) is 13.6. The van der Waals surface area contributed by atoms with Gasteiger partial charge in [-0.05, 0) is 19.1 Å². The van der Waals surface area contributed by atoms with Gasteiger partial charge in [0.1, 0.15) is 4.91 Å². The van der Waals surface area contributed by atoms with Gasteiger partial charge in [-0.3, -0.25) is 4.79 Å². The molecule has 0 bridgehead atoms. The molecule has 0 unspecified atom stereocenters. The third kappa shape index (κ3) is 3.85. The summed E-state index contributed by atoms with van der Waals surface area (Å²) in [5.41, 5.74) is 0.410. The largest absolute Gasteiger partial charge is 0.475 e. The van der Waals surface area contributed by atoms with Gasteiger partial charge in [0, 0.05) is 5.56 Å². The summed E-state index contributed by atoms with van der Waals surface area (Å²) < 4.78 is 4.78. The number of carbonyl (C=O) groups is 2. The minimum atomic E-state index is -0.799. The van der Waals surface area contributed by atoms with Gasteiger partial charge in [-0.1, -0.05) is 12.1 Å². The van der Waals surface area contributed by atoms with Crippen LogP contribution in [0.5, 0.6) is 0 Å². The number of ketones is 1. The van der Waals surface area contributed by atoms with E-state index in [2.05, 4.69) is 4.84 Å². The molecule has 1 aromatic carbocycles. The van der Waals surface area contributed by atoms with Crippen molar-refractivity contribution in [3.63, 3.8) is 0 Å². The van der Waals surface area contributed by atoms with Crippen LogP contribution in [0, 0.1) is 4.91 Å². The Morgan fingerprint density at radius 2 is 2.00 bits per heavy atom. The Morgan fingerprint density at radius 3 is 2.61 bits per heavy atom. The van der Waals surface area contributed by atoms with Gasteiger partial charge in [-0.2, -0.15) is 4.84 Å². The van der Waals surface area contributed by atoms with Crippen molar-refractivity contribution in [1.82, 2.24) is 0 Å². The molecule has 1 N–H and O–H groups in total. The second kappa shape index (κ2) is 6.33. The molecule has 0 radical (unpaired) electrons. The molecule has 18 heavy (non-hydrogen) atoms.